The highest BCUT2D eigenvalue weighted by Crippen LogP contribution is 2.15. The van der Waals surface area contributed by atoms with Crippen LogP contribution in [0.25, 0.3) is 0 Å². The van der Waals surface area contributed by atoms with Crippen LogP contribution in [0.2, 0.25) is 0 Å². The number of nitrogens with zero attached hydrogens (tertiary/aromatic N) is 1. The number of thioether (sulfide) groups is 1. The molecule has 0 aliphatic carbocycles. The van der Waals surface area contributed by atoms with Crippen molar-refractivity contribution in [1.29, 1.82) is 0 Å². The van der Waals surface area contributed by atoms with Gasteiger partial charge in [-0.3, -0.25) is 4.90 Å². The van der Waals surface area contributed by atoms with Crippen LogP contribution in [0.5, 0.6) is 0 Å². The molecule has 1 saturated heterocycles. The van der Waals surface area contributed by atoms with Gasteiger partial charge in [0.25, 0.3) is 0 Å². The molecule has 0 bridgehead atoms. The minimum absolute atomic E-state index is 1.19. The molecule has 1 fully saturated rings. The molecule has 3 heteroatoms. The second kappa shape index (κ2) is 13.3. The Hall–Kier alpha value is 0.270. The van der Waals surface area contributed by atoms with Gasteiger partial charge in [-0.1, -0.05) is 51.4 Å². The lowest BCUT2D eigenvalue weighted by atomic mass is 10.1. The Morgan fingerprint density at radius 2 is 1.42 bits per heavy atom. The third kappa shape index (κ3) is 10.7. The topological polar surface area (TPSA) is 15.3 Å². The first kappa shape index (κ1) is 17.3. The molecule has 0 saturated carbocycles. The maximum atomic E-state index is 3.21. The van der Waals surface area contributed by atoms with Crippen LogP contribution >= 0.6 is 11.8 Å². The highest BCUT2D eigenvalue weighted by molar-refractivity contribution is 7.99. The molecule has 0 atom stereocenters. The average molecular weight is 287 g/mol. The number of nitrogens with one attached hydrogen (secondary N) is 1. The molecule has 1 aliphatic rings. The van der Waals surface area contributed by atoms with Gasteiger partial charge in [0.1, 0.15) is 0 Å². The van der Waals surface area contributed by atoms with E-state index in [0.717, 1.165) is 0 Å². The summed E-state index contributed by atoms with van der Waals surface area (Å²) >= 11 is 2.09. The lowest BCUT2D eigenvalue weighted by Crippen LogP contribution is -2.20. The predicted molar refractivity (Wildman–Crippen MR) is 89.0 cm³/mol. The smallest absolute Gasteiger partial charge is 0.0445 e. The minimum atomic E-state index is 1.19. The molecule has 0 spiro atoms. The van der Waals surface area contributed by atoms with E-state index >= 15 is 0 Å². The second-order valence-electron chi connectivity index (χ2n) is 5.79. The molecule has 0 aromatic heterocycles. The van der Waals surface area contributed by atoms with Crippen molar-refractivity contribution in [2.45, 2.75) is 64.2 Å². The van der Waals surface area contributed by atoms with Crippen molar-refractivity contribution in [1.82, 2.24) is 10.2 Å². The Morgan fingerprint density at radius 1 is 0.842 bits per heavy atom. The molecule has 0 unspecified atom stereocenters. The van der Waals surface area contributed by atoms with Crippen molar-refractivity contribution in [2.24, 2.45) is 0 Å². The maximum absolute atomic E-state index is 3.21. The van der Waals surface area contributed by atoms with Crippen molar-refractivity contribution in [2.75, 3.05) is 38.3 Å². The first-order valence-corrected chi connectivity index (χ1v) is 9.53. The fourth-order valence-electron chi connectivity index (χ4n) is 2.68. The van der Waals surface area contributed by atoms with E-state index in [-0.39, 0.29) is 0 Å². The van der Waals surface area contributed by atoms with E-state index in [1.165, 1.54) is 95.5 Å². The van der Waals surface area contributed by atoms with Gasteiger partial charge >= 0.3 is 0 Å². The molecule has 0 aromatic carbocycles. The van der Waals surface area contributed by atoms with Crippen molar-refractivity contribution >= 4 is 11.8 Å². The summed E-state index contributed by atoms with van der Waals surface area (Å²) in [6, 6.07) is 0. The van der Waals surface area contributed by atoms with E-state index in [4.69, 9.17) is 0 Å². The van der Waals surface area contributed by atoms with Crippen LogP contribution in [0.4, 0.5) is 0 Å². The third-order valence-corrected chi connectivity index (χ3v) is 5.00. The summed E-state index contributed by atoms with van der Waals surface area (Å²) in [7, 11) is 2.04. The zero-order valence-electron chi connectivity index (χ0n) is 13.0. The highest BCUT2D eigenvalue weighted by Gasteiger charge is 2.10. The summed E-state index contributed by atoms with van der Waals surface area (Å²) in [5.41, 5.74) is 0. The molecule has 0 radical (unpaired) electrons. The van der Waals surface area contributed by atoms with E-state index < -0.39 is 0 Å². The van der Waals surface area contributed by atoms with Crippen LogP contribution in [0, 0.1) is 0 Å². The van der Waals surface area contributed by atoms with Crippen LogP contribution < -0.4 is 5.32 Å². The number of rotatable bonds is 13. The SMILES string of the molecule is CNCCCCCCCCCCCCN1CCSC1. The molecule has 114 valence electrons. The van der Waals surface area contributed by atoms with E-state index in [0.29, 0.717) is 0 Å². The Kier molecular flexibility index (Phi) is 12.1. The molecule has 0 aromatic rings. The summed E-state index contributed by atoms with van der Waals surface area (Å²) in [5, 5.41) is 3.21. The molecule has 1 heterocycles. The van der Waals surface area contributed by atoms with Gasteiger partial charge in [-0.25, -0.2) is 0 Å². The molecular weight excluding hydrogens is 252 g/mol. The van der Waals surface area contributed by atoms with Gasteiger partial charge in [0.05, 0.1) is 0 Å². The quantitative estimate of drug-likeness (QED) is 0.513. The third-order valence-electron chi connectivity index (χ3n) is 3.98. The van der Waals surface area contributed by atoms with E-state index in [1.807, 2.05) is 7.05 Å². The van der Waals surface area contributed by atoms with Gasteiger partial charge in [-0.15, -0.1) is 11.8 Å². The van der Waals surface area contributed by atoms with Crippen molar-refractivity contribution in [3.05, 3.63) is 0 Å². The average Bonchev–Trinajstić information content (AvgIpc) is 2.93. The van der Waals surface area contributed by atoms with Gasteiger partial charge in [-0.2, -0.15) is 0 Å². The Labute approximate surface area is 125 Å². The van der Waals surface area contributed by atoms with Gasteiger partial charge in [0.2, 0.25) is 0 Å². The number of hydrogen-bond acceptors (Lipinski definition) is 3. The monoisotopic (exact) mass is 286 g/mol. The Balaban J connectivity index is 1.67. The second-order valence-corrected chi connectivity index (χ2v) is 6.87. The summed E-state index contributed by atoms with van der Waals surface area (Å²) in [6.45, 7) is 3.87. The molecule has 19 heavy (non-hydrogen) atoms. The molecular formula is C16H34N2S. The summed E-state index contributed by atoms with van der Waals surface area (Å²) in [5.74, 6) is 2.64. The van der Waals surface area contributed by atoms with Crippen molar-refractivity contribution in [3.8, 4) is 0 Å². The zero-order chi connectivity index (χ0) is 13.6. The maximum Gasteiger partial charge on any atom is 0.0445 e. The van der Waals surface area contributed by atoms with E-state index in [9.17, 15) is 0 Å². The van der Waals surface area contributed by atoms with Gasteiger partial charge in [0.15, 0.2) is 0 Å². The molecule has 2 nitrogen and oxygen atoms in total. The zero-order valence-corrected chi connectivity index (χ0v) is 13.8. The molecule has 1 aliphatic heterocycles. The number of unbranched alkanes of at least 4 members (excludes halogenated alkanes) is 9. The van der Waals surface area contributed by atoms with Crippen LogP contribution in [-0.2, 0) is 0 Å². The molecule has 1 rings (SSSR count). The summed E-state index contributed by atoms with van der Waals surface area (Å²) in [4.78, 5) is 2.61. The standard InChI is InChI=1S/C16H34N2S/c1-17-12-10-8-6-4-2-3-5-7-9-11-13-18-14-15-19-16-18/h17H,2-16H2,1H3. The Bertz CT molecular complexity index is 182. The summed E-state index contributed by atoms with van der Waals surface area (Å²) < 4.78 is 0. The lowest BCUT2D eigenvalue weighted by molar-refractivity contribution is 0.343. The fourth-order valence-corrected chi connectivity index (χ4v) is 3.71. The van der Waals surface area contributed by atoms with Crippen LogP contribution in [0.3, 0.4) is 0 Å². The lowest BCUT2D eigenvalue weighted by Gasteiger charge is -2.12. The fraction of sp³-hybridized carbons (Fsp3) is 1.00. The first-order valence-electron chi connectivity index (χ1n) is 8.38. The highest BCUT2D eigenvalue weighted by atomic mass is 32.2. The first-order chi connectivity index (χ1) is 9.43. The largest absolute Gasteiger partial charge is 0.320 e. The van der Waals surface area contributed by atoms with Gasteiger partial charge in [0, 0.05) is 18.2 Å². The van der Waals surface area contributed by atoms with Crippen LogP contribution in [0.15, 0.2) is 0 Å². The normalized spacial score (nSPS) is 16.3. The van der Waals surface area contributed by atoms with Gasteiger partial charge < -0.3 is 5.32 Å². The predicted octanol–water partition coefficient (Wildman–Crippen LogP) is 4.11. The minimum Gasteiger partial charge on any atom is -0.320 e. The van der Waals surface area contributed by atoms with E-state index in [2.05, 4.69) is 22.0 Å². The van der Waals surface area contributed by atoms with E-state index in [1.54, 1.807) is 0 Å². The van der Waals surface area contributed by atoms with Gasteiger partial charge in [-0.05, 0) is 33.0 Å². The van der Waals surface area contributed by atoms with Crippen LogP contribution in [0.1, 0.15) is 64.2 Å². The van der Waals surface area contributed by atoms with Crippen molar-refractivity contribution < 1.29 is 0 Å². The number of hydrogen-bond donors (Lipinski definition) is 1. The molecule has 1 N–H and O–H groups in total. The van der Waals surface area contributed by atoms with Crippen molar-refractivity contribution in [3.63, 3.8) is 0 Å². The molecule has 0 amide bonds. The summed E-state index contributed by atoms with van der Waals surface area (Å²) in [6.07, 6.45) is 14.4. The van der Waals surface area contributed by atoms with Crippen LogP contribution in [-0.4, -0.2) is 43.2 Å². The Morgan fingerprint density at radius 3 is 1.95 bits per heavy atom.